The second-order valence-corrected chi connectivity index (χ2v) is 7.65. The minimum Gasteiger partial charge on any atom is -0.497 e. The molecular formula is C24H26N4O3. The van der Waals surface area contributed by atoms with Crippen molar-refractivity contribution in [1.29, 1.82) is 0 Å². The zero-order chi connectivity index (χ0) is 21.8. The van der Waals surface area contributed by atoms with Crippen LogP contribution in [0.5, 0.6) is 5.75 Å². The number of hydrogen-bond acceptors (Lipinski definition) is 4. The largest absolute Gasteiger partial charge is 0.497 e. The number of carbonyl (C=O) groups is 2. The molecular weight excluding hydrogens is 392 g/mol. The molecule has 3 aromatic rings. The molecule has 2 heterocycles. The van der Waals surface area contributed by atoms with E-state index in [2.05, 4.69) is 10.4 Å². The highest BCUT2D eigenvalue weighted by atomic mass is 16.5. The van der Waals surface area contributed by atoms with Gasteiger partial charge in [0.15, 0.2) is 0 Å². The Hall–Kier alpha value is -3.61. The Labute approximate surface area is 181 Å². The molecule has 1 saturated heterocycles. The second kappa shape index (κ2) is 9.04. The van der Waals surface area contributed by atoms with Crippen molar-refractivity contribution < 1.29 is 14.3 Å². The fourth-order valence-corrected chi connectivity index (χ4v) is 3.98. The summed E-state index contributed by atoms with van der Waals surface area (Å²) >= 11 is 0. The van der Waals surface area contributed by atoms with E-state index in [4.69, 9.17) is 4.74 Å². The number of benzene rings is 2. The van der Waals surface area contributed by atoms with E-state index in [1.807, 2.05) is 48.5 Å². The van der Waals surface area contributed by atoms with Gasteiger partial charge in [-0.15, -0.1) is 0 Å². The van der Waals surface area contributed by atoms with E-state index in [1.165, 1.54) is 0 Å². The molecule has 0 aliphatic carbocycles. The van der Waals surface area contributed by atoms with Gasteiger partial charge in [0, 0.05) is 25.5 Å². The molecule has 1 aromatic heterocycles. The predicted octanol–water partition coefficient (Wildman–Crippen LogP) is 3.73. The third-order valence-electron chi connectivity index (χ3n) is 5.64. The fraction of sp³-hybridized carbons (Fsp3) is 0.292. The average Bonchev–Trinajstić information content (AvgIpc) is 3.24. The van der Waals surface area contributed by atoms with E-state index in [0.717, 1.165) is 29.7 Å². The van der Waals surface area contributed by atoms with E-state index < -0.39 is 6.04 Å². The Morgan fingerprint density at radius 1 is 1.06 bits per heavy atom. The van der Waals surface area contributed by atoms with Crippen LogP contribution >= 0.6 is 0 Å². The number of hydrogen-bond donors (Lipinski definition) is 1. The summed E-state index contributed by atoms with van der Waals surface area (Å²) in [7, 11) is 3.37. The number of nitrogens with zero attached hydrogens (tertiary/aromatic N) is 3. The highest BCUT2D eigenvalue weighted by Gasteiger charge is 2.33. The van der Waals surface area contributed by atoms with Crippen molar-refractivity contribution in [2.75, 3.05) is 19.0 Å². The highest BCUT2D eigenvalue weighted by Crippen LogP contribution is 2.27. The standard InChI is InChI=1S/C24H26N4O3/c1-27-22(12-13-25-27)24(30)28-14-4-3-11-21(28)23(29)26-19-9-5-7-17(15-19)18-8-6-10-20(16-18)31-2/h5-10,12-13,15-16,21H,3-4,11,14H2,1-2H3,(H,26,29)/t21-/m0/s1. The van der Waals surface area contributed by atoms with Crippen LogP contribution in [-0.2, 0) is 11.8 Å². The number of piperidine rings is 1. The second-order valence-electron chi connectivity index (χ2n) is 7.65. The number of methoxy groups -OCH3 is 1. The van der Waals surface area contributed by atoms with Gasteiger partial charge < -0.3 is 15.0 Å². The van der Waals surface area contributed by atoms with E-state index in [1.54, 1.807) is 36.0 Å². The molecule has 1 aliphatic heterocycles. The maximum atomic E-state index is 13.1. The van der Waals surface area contributed by atoms with Gasteiger partial charge >= 0.3 is 0 Å². The maximum absolute atomic E-state index is 13.1. The number of carbonyl (C=O) groups excluding carboxylic acids is 2. The van der Waals surface area contributed by atoms with Gasteiger partial charge in [-0.3, -0.25) is 14.3 Å². The predicted molar refractivity (Wildman–Crippen MR) is 119 cm³/mol. The van der Waals surface area contributed by atoms with Gasteiger partial charge in [-0.1, -0.05) is 24.3 Å². The molecule has 1 N–H and O–H groups in total. The normalized spacial score (nSPS) is 16.1. The lowest BCUT2D eigenvalue weighted by Crippen LogP contribution is -2.50. The number of amides is 2. The van der Waals surface area contributed by atoms with Gasteiger partial charge in [0.05, 0.1) is 7.11 Å². The number of rotatable bonds is 5. The molecule has 31 heavy (non-hydrogen) atoms. The van der Waals surface area contributed by atoms with Gasteiger partial charge in [0.2, 0.25) is 5.91 Å². The molecule has 1 aliphatic rings. The van der Waals surface area contributed by atoms with Gasteiger partial charge in [-0.25, -0.2) is 0 Å². The molecule has 0 radical (unpaired) electrons. The summed E-state index contributed by atoms with van der Waals surface area (Å²) < 4.78 is 6.86. The summed E-state index contributed by atoms with van der Waals surface area (Å²) in [6.07, 6.45) is 4.04. The fourth-order valence-electron chi connectivity index (χ4n) is 3.98. The summed E-state index contributed by atoms with van der Waals surface area (Å²) in [6.45, 7) is 0.561. The summed E-state index contributed by atoms with van der Waals surface area (Å²) in [6, 6.07) is 16.7. The minimum atomic E-state index is -0.503. The third kappa shape index (κ3) is 4.45. The van der Waals surface area contributed by atoms with Gasteiger partial charge in [0.1, 0.15) is 17.5 Å². The Balaban J connectivity index is 1.53. The van der Waals surface area contributed by atoms with Crippen molar-refractivity contribution in [2.24, 2.45) is 7.05 Å². The van der Waals surface area contributed by atoms with Crippen LogP contribution in [0.4, 0.5) is 5.69 Å². The van der Waals surface area contributed by atoms with Crippen molar-refractivity contribution in [3.05, 3.63) is 66.5 Å². The summed E-state index contributed by atoms with van der Waals surface area (Å²) in [5, 5.41) is 7.09. The first-order valence-corrected chi connectivity index (χ1v) is 10.4. The monoisotopic (exact) mass is 418 g/mol. The number of ether oxygens (including phenoxy) is 1. The van der Waals surface area contributed by atoms with E-state index in [9.17, 15) is 9.59 Å². The van der Waals surface area contributed by atoms with Crippen molar-refractivity contribution in [1.82, 2.24) is 14.7 Å². The van der Waals surface area contributed by atoms with Crippen LogP contribution < -0.4 is 10.1 Å². The zero-order valence-corrected chi connectivity index (χ0v) is 17.7. The topological polar surface area (TPSA) is 76.5 Å². The van der Waals surface area contributed by atoms with Crippen molar-refractivity contribution >= 4 is 17.5 Å². The third-order valence-corrected chi connectivity index (χ3v) is 5.64. The zero-order valence-electron chi connectivity index (χ0n) is 17.7. The maximum Gasteiger partial charge on any atom is 0.272 e. The summed E-state index contributed by atoms with van der Waals surface area (Å²) in [5.74, 6) is 0.446. The highest BCUT2D eigenvalue weighted by molar-refractivity contribution is 6.00. The summed E-state index contributed by atoms with van der Waals surface area (Å²) in [4.78, 5) is 27.8. The first-order chi connectivity index (χ1) is 15.1. The number of likely N-dealkylation sites (tertiary alicyclic amines) is 1. The quantitative estimate of drug-likeness (QED) is 0.685. The smallest absolute Gasteiger partial charge is 0.272 e. The van der Waals surface area contributed by atoms with E-state index in [-0.39, 0.29) is 11.8 Å². The van der Waals surface area contributed by atoms with Crippen LogP contribution in [0.15, 0.2) is 60.8 Å². The molecule has 0 bridgehead atoms. The number of anilines is 1. The van der Waals surface area contributed by atoms with Crippen LogP contribution in [0.2, 0.25) is 0 Å². The Kier molecular flexibility index (Phi) is 6.02. The first kappa shape index (κ1) is 20.7. The molecule has 0 spiro atoms. The molecule has 0 unspecified atom stereocenters. The van der Waals surface area contributed by atoms with E-state index >= 15 is 0 Å². The van der Waals surface area contributed by atoms with Crippen molar-refractivity contribution in [2.45, 2.75) is 25.3 Å². The lowest BCUT2D eigenvalue weighted by atomic mass is 10.00. The van der Waals surface area contributed by atoms with E-state index in [0.29, 0.717) is 24.3 Å². The molecule has 7 nitrogen and oxygen atoms in total. The molecule has 1 fully saturated rings. The number of aromatic nitrogens is 2. The Morgan fingerprint density at radius 3 is 2.58 bits per heavy atom. The molecule has 2 amide bonds. The summed E-state index contributed by atoms with van der Waals surface area (Å²) in [5.41, 5.74) is 3.16. The van der Waals surface area contributed by atoms with Crippen LogP contribution in [0.25, 0.3) is 11.1 Å². The molecule has 7 heteroatoms. The van der Waals surface area contributed by atoms with Crippen LogP contribution in [-0.4, -0.2) is 46.2 Å². The molecule has 4 rings (SSSR count). The number of nitrogens with one attached hydrogen (secondary N) is 1. The van der Waals surface area contributed by atoms with Gasteiger partial charge in [-0.05, 0) is 60.7 Å². The molecule has 1 atom stereocenters. The lowest BCUT2D eigenvalue weighted by Gasteiger charge is -2.34. The molecule has 0 saturated carbocycles. The van der Waals surface area contributed by atoms with Crippen LogP contribution in [0.1, 0.15) is 29.8 Å². The number of aryl methyl sites for hydroxylation is 1. The SMILES string of the molecule is COc1cccc(-c2cccc(NC(=O)[C@@H]3CCCCN3C(=O)c3ccnn3C)c2)c1. The molecule has 2 aromatic carbocycles. The molecule has 160 valence electrons. The minimum absolute atomic E-state index is 0.162. The Bertz CT molecular complexity index is 1090. The van der Waals surface area contributed by atoms with Gasteiger partial charge in [0.25, 0.3) is 5.91 Å². The van der Waals surface area contributed by atoms with Crippen LogP contribution in [0, 0.1) is 0 Å². The van der Waals surface area contributed by atoms with Crippen molar-refractivity contribution in [3.8, 4) is 16.9 Å². The van der Waals surface area contributed by atoms with Crippen LogP contribution in [0.3, 0.4) is 0 Å². The lowest BCUT2D eigenvalue weighted by molar-refractivity contribution is -0.121. The average molecular weight is 418 g/mol. The first-order valence-electron chi connectivity index (χ1n) is 10.4. The van der Waals surface area contributed by atoms with Gasteiger partial charge in [-0.2, -0.15) is 5.10 Å². The Morgan fingerprint density at radius 2 is 1.84 bits per heavy atom. The van der Waals surface area contributed by atoms with Crippen molar-refractivity contribution in [3.63, 3.8) is 0 Å².